The molecule has 1 heterocycles. The van der Waals surface area contributed by atoms with Gasteiger partial charge in [0, 0.05) is 12.2 Å². The van der Waals surface area contributed by atoms with E-state index in [9.17, 15) is 0 Å². The molecule has 0 aliphatic heterocycles. The third-order valence-electron chi connectivity index (χ3n) is 3.10. The average Bonchev–Trinajstić information content (AvgIpc) is 2.78. The molecule has 2 rings (SSSR count). The van der Waals surface area contributed by atoms with Crippen LogP contribution in [-0.2, 0) is 6.54 Å². The van der Waals surface area contributed by atoms with Crippen molar-refractivity contribution in [2.75, 3.05) is 13.6 Å². The van der Waals surface area contributed by atoms with Gasteiger partial charge >= 0.3 is 0 Å². The Labute approximate surface area is 102 Å². The minimum Gasteiger partial charge on any atom is -0.299 e. The Kier molecular flexibility index (Phi) is 3.45. The van der Waals surface area contributed by atoms with E-state index in [-0.39, 0.29) is 0 Å². The smallest absolute Gasteiger partial charge is 0.144 e. The molecule has 0 amide bonds. The van der Waals surface area contributed by atoms with Crippen molar-refractivity contribution in [1.29, 1.82) is 0 Å². The summed E-state index contributed by atoms with van der Waals surface area (Å²) in [6.07, 6.45) is 1.36. The van der Waals surface area contributed by atoms with Crippen LogP contribution in [0.2, 0.25) is 5.15 Å². The van der Waals surface area contributed by atoms with Gasteiger partial charge in [0.25, 0.3) is 0 Å². The molecule has 1 saturated carbocycles. The Morgan fingerprint density at radius 1 is 1.50 bits per heavy atom. The van der Waals surface area contributed by atoms with Gasteiger partial charge in [0.1, 0.15) is 11.0 Å². The van der Waals surface area contributed by atoms with E-state index in [1.165, 1.54) is 6.42 Å². The van der Waals surface area contributed by atoms with Gasteiger partial charge in [0.15, 0.2) is 0 Å². The normalized spacial score (nSPS) is 23.8. The molecule has 0 aromatic carbocycles. The van der Waals surface area contributed by atoms with Crippen LogP contribution in [0, 0.1) is 18.8 Å². The maximum atomic E-state index is 5.91. The van der Waals surface area contributed by atoms with Crippen molar-refractivity contribution in [3.8, 4) is 0 Å². The van der Waals surface area contributed by atoms with Gasteiger partial charge in [-0.25, -0.2) is 9.97 Å². The van der Waals surface area contributed by atoms with Crippen LogP contribution in [0.3, 0.4) is 0 Å². The highest BCUT2D eigenvalue weighted by Gasteiger charge is 2.33. The first-order chi connectivity index (χ1) is 7.54. The summed E-state index contributed by atoms with van der Waals surface area (Å²) in [6, 6.07) is 1.79. The number of hydrogen-bond acceptors (Lipinski definition) is 3. The molecule has 1 aromatic rings. The Hall–Kier alpha value is -0.670. The zero-order valence-electron chi connectivity index (χ0n) is 10.1. The molecule has 0 saturated heterocycles. The summed E-state index contributed by atoms with van der Waals surface area (Å²) in [5.74, 6) is 2.58. The van der Waals surface area contributed by atoms with Crippen molar-refractivity contribution in [1.82, 2.24) is 14.9 Å². The minimum absolute atomic E-state index is 0.538. The van der Waals surface area contributed by atoms with E-state index in [1.54, 1.807) is 6.07 Å². The molecule has 2 unspecified atom stereocenters. The second kappa shape index (κ2) is 4.68. The molecule has 4 heteroatoms. The first-order valence-electron chi connectivity index (χ1n) is 5.73. The van der Waals surface area contributed by atoms with Crippen LogP contribution in [0.25, 0.3) is 0 Å². The lowest BCUT2D eigenvalue weighted by Gasteiger charge is -2.15. The van der Waals surface area contributed by atoms with Gasteiger partial charge in [-0.3, -0.25) is 4.90 Å². The Balaban J connectivity index is 1.92. The molecular formula is C12H18ClN3. The van der Waals surface area contributed by atoms with Gasteiger partial charge in [-0.1, -0.05) is 18.5 Å². The number of halogens is 1. The zero-order chi connectivity index (χ0) is 11.7. The molecule has 1 aliphatic carbocycles. The van der Waals surface area contributed by atoms with Crippen LogP contribution < -0.4 is 0 Å². The van der Waals surface area contributed by atoms with E-state index in [0.29, 0.717) is 5.15 Å². The van der Waals surface area contributed by atoms with Gasteiger partial charge in [-0.05, 0) is 38.3 Å². The number of nitrogens with zero attached hydrogens (tertiary/aromatic N) is 3. The Morgan fingerprint density at radius 2 is 2.19 bits per heavy atom. The Bertz CT molecular complexity index is 360. The average molecular weight is 240 g/mol. The Morgan fingerprint density at radius 3 is 2.75 bits per heavy atom. The quantitative estimate of drug-likeness (QED) is 0.757. The molecule has 0 bridgehead atoms. The number of hydrogen-bond donors (Lipinski definition) is 0. The maximum absolute atomic E-state index is 5.91. The standard InChI is InChI=1S/C12H18ClN3/c1-8-4-10(8)6-16(3)7-12-14-9(2)5-11(13)15-12/h5,8,10H,4,6-7H2,1-3H3. The van der Waals surface area contributed by atoms with Crippen molar-refractivity contribution in [2.45, 2.75) is 26.8 Å². The molecule has 0 radical (unpaired) electrons. The summed E-state index contributed by atoms with van der Waals surface area (Å²) in [5.41, 5.74) is 0.934. The van der Waals surface area contributed by atoms with E-state index >= 15 is 0 Å². The van der Waals surface area contributed by atoms with E-state index in [0.717, 1.165) is 36.4 Å². The SMILES string of the molecule is Cc1cc(Cl)nc(CN(C)CC2CC2C)n1. The minimum atomic E-state index is 0.538. The summed E-state index contributed by atoms with van der Waals surface area (Å²) in [6.45, 7) is 6.17. The van der Waals surface area contributed by atoms with E-state index in [4.69, 9.17) is 11.6 Å². The van der Waals surface area contributed by atoms with Crippen LogP contribution >= 0.6 is 11.6 Å². The highest BCUT2D eigenvalue weighted by Crippen LogP contribution is 2.38. The number of rotatable bonds is 4. The van der Waals surface area contributed by atoms with Crippen molar-refractivity contribution in [3.05, 3.63) is 22.7 Å². The summed E-state index contributed by atoms with van der Waals surface area (Å²) < 4.78 is 0. The highest BCUT2D eigenvalue weighted by molar-refractivity contribution is 6.29. The second-order valence-corrected chi connectivity index (χ2v) is 5.31. The third kappa shape index (κ3) is 3.16. The molecule has 3 nitrogen and oxygen atoms in total. The van der Waals surface area contributed by atoms with Crippen LogP contribution in [0.5, 0.6) is 0 Å². The molecule has 16 heavy (non-hydrogen) atoms. The van der Waals surface area contributed by atoms with Crippen LogP contribution in [-0.4, -0.2) is 28.5 Å². The molecule has 88 valence electrons. The van der Waals surface area contributed by atoms with Crippen molar-refractivity contribution >= 4 is 11.6 Å². The lowest BCUT2D eigenvalue weighted by Crippen LogP contribution is -2.22. The molecule has 0 spiro atoms. The molecule has 1 aromatic heterocycles. The maximum Gasteiger partial charge on any atom is 0.144 e. The fourth-order valence-electron chi connectivity index (χ4n) is 2.02. The van der Waals surface area contributed by atoms with Gasteiger partial charge in [-0.2, -0.15) is 0 Å². The fourth-order valence-corrected chi connectivity index (χ4v) is 2.27. The predicted molar refractivity (Wildman–Crippen MR) is 65.4 cm³/mol. The first kappa shape index (κ1) is 11.8. The highest BCUT2D eigenvalue weighted by atomic mass is 35.5. The predicted octanol–water partition coefficient (Wildman–Crippen LogP) is 2.53. The number of aromatic nitrogens is 2. The summed E-state index contributed by atoms with van der Waals surface area (Å²) in [7, 11) is 2.12. The fraction of sp³-hybridized carbons (Fsp3) is 0.667. The lowest BCUT2D eigenvalue weighted by atomic mass is 10.3. The van der Waals surface area contributed by atoms with Gasteiger partial charge in [0.2, 0.25) is 0 Å². The lowest BCUT2D eigenvalue weighted by molar-refractivity contribution is 0.300. The third-order valence-corrected chi connectivity index (χ3v) is 3.30. The van der Waals surface area contributed by atoms with Crippen molar-refractivity contribution in [2.24, 2.45) is 11.8 Å². The number of aryl methyl sites for hydroxylation is 1. The molecular weight excluding hydrogens is 222 g/mol. The molecule has 1 aliphatic rings. The van der Waals surface area contributed by atoms with Gasteiger partial charge in [0.05, 0.1) is 6.54 Å². The molecule has 1 fully saturated rings. The van der Waals surface area contributed by atoms with Crippen LogP contribution in [0.15, 0.2) is 6.07 Å². The van der Waals surface area contributed by atoms with E-state index in [2.05, 4.69) is 28.8 Å². The monoisotopic (exact) mass is 239 g/mol. The summed E-state index contributed by atoms with van der Waals surface area (Å²) in [5, 5.41) is 0.538. The molecule has 0 N–H and O–H groups in total. The second-order valence-electron chi connectivity index (χ2n) is 4.92. The first-order valence-corrected chi connectivity index (χ1v) is 6.11. The summed E-state index contributed by atoms with van der Waals surface area (Å²) in [4.78, 5) is 10.9. The van der Waals surface area contributed by atoms with Gasteiger partial charge < -0.3 is 0 Å². The van der Waals surface area contributed by atoms with Crippen molar-refractivity contribution < 1.29 is 0 Å². The van der Waals surface area contributed by atoms with Crippen LogP contribution in [0.4, 0.5) is 0 Å². The molecule has 2 atom stereocenters. The van der Waals surface area contributed by atoms with Crippen LogP contribution in [0.1, 0.15) is 24.9 Å². The summed E-state index contributed by atoms with van der Waals surface area (Å²) >= 11 is 5.91. The zero-order valence-corrected chi connectivity index (χ0v) is 10.8. The van der Waals surface area contributed by atoms with Gasteiger partial charge in [-0.15, -0.1) is 0 Å². The van der Waals surface area contributed by atoms with E-state index in [1.807, 2.05) is 6.92 Å². The van der Waals surface area contributed by atoms with Crippen molar-refractivity contribution in [3.63, 3.8) is 0 Å². The van der Waals surface area contributed by atoms with E-state index < -0.39 is 0 Å². The topological polar surface area (TPSA) is 29.0 Å². The largest absolute Gasteiger partial charge is 0.299 e.